The molecule has 1 atom stereocenters. The van der Waals surface area contributed by atoms with Gasteiger partial charge in [-0.3, -0.25) is 14.9 Å². The molecule has 1 aliphatic rings. The van der Waals surface area contributed by atoms with Crippen molar-refractivity contribution in [2.75, 3.05) is 4.31 Å². The fraction of sp³-hybridized carbons (Fsp3) is 0.300. The summed E-state index contributed by atoms with van der Waals surface area (Å²) in [5.74, 6) is -0.338. The second-order valence-corrected chi connectivity index (χ2v) is 5.42. The van der Waals surface area contributed by atoms with Gasteiger partial charge in [0.2, 0.25) is 11.2 Å². The summed E-state index contributed by atoms with van der Waals surface area (Å²) in [6.07, 6.45) is 0. The molecule has 1 unspecified atom stereocenters. The lowest BCUT2D eigenvalue weighted by Gasteiger charge is -2.15. The minimum absolute atomic E-state index is 0.0802. The third kappa shape index (κ3) is 2.00. The molecule has 1 saturated heterocycles. The molecule has 0 radical (unpaired) electrons. The molecule has 1 aromatic carbocycles. The van der Waals surface area contributed by atoms with Crippen LogP contribution in [0, 0.1) is 10.1 Å². The Labute approximate surface area is 106 Å². The number of amides is 1. The van der Waals surface area contributed by atoms with E-state index in [9.17, 15) is 19.1 Å². The molecule has 1 fully saturated rings. The minimum atomic E-state index is -1.66. The van der Waals surface area contributed by atoms with Gasteiger partial charge in [-0.15, -0.1) is 0 Å². The summed E-state index contributed by atoms with van der Waals surface area (Å²) in [5, 5.41) is 10.5. The van der Waals surface area contributed by atoms with Crippen LogP contribution in [0.2, 0.25) is 0 Å². The molecule has 1 heterocycles. The van der Waals surface area contributed by atoms with Gasteiger partial charge in [-0.25, -0.2) is 13.2 Å². The highest BCUT2D eigenvalue weighted by molar-refractivity contribution is 7.86. The molecule has 18 heavy (non-hydrogen) atoms. The van der Waals surface area contributed by atoms with Gasteiger partial charge >= 0.3 is 0 Å². The van der Waals surface area contributed by atoms with Gasteiger partial charge in [0.25, 0.3) is 11.6 Å². The molecule has 1 aliphatic heterocycles. The summed E-state index contributed by atoms with van der Waals surface area (Å²) in [6, 6.07) is 5.34. The average molecular weight is 269 g/mol. The van der Waals surface area contributed by atoms with Crippen LogP contribution in [0.25, 0.3) is 0 Å². The Hall–Kier alpha value is -1.80. The van der Waals surface area contributed by atoms with Crippen molar-refractivity contribution < 1.29 is 13.9 Å². The molecule has 8 heteroatoms. The first kappa shape index (κ1) is 12.7. The van der Waals surface area contributed by atoms with Crippen molar-refractivity contribution in [3.05, 3.63) is 34.4 Å². The van der Waals surface area contributed by atoms with Crippen molar-refractivity contribution in [1.29, 1.82) is 0 Å². The van der Waals surface area contributed by atoms with Crippen molar-refractivity contribution in [1.82, 2.24) is 4.72 Å². The van der Waals surface area contributed by atoms with Crippen LogP contribution in [0.5, 0.6) is 0 Å². The molecular weight excluding hydrogens is 258 g/mol. The van der Waals surface area contributed by atoms with E-state index in [1.54, 1.807) is 13.8 Å². The molecule has 0 saturated carbocycles. The maximum absolute atomic E-state index is 12.0. The highest BCUT2D eigenvalue weighted by Crippen LogP contribution is 2.27. The third-order valence-electron chi connectivity index (χ3n) is 2.52. The lowest BCUT2D eigenvalue weighted by molar-refractivity contribution is -0.384. The molecule has 96 valence electrons. The zero-order chi connectivity index (χ0) is 13.5. The number of carbonyl (C=O) groups is 1. The number of hydrogen-bond acceptors (Lipinski definition) is 4. The largest absolute Gasteiger partial charge is 0.271 e. The smallest absolute Gasteiger partial charge is 0.269 e. The standard InChI is InChI=1S/C10H11N3O4S/c1-10(2)9(14)12(18(17)11-10)7-3-5-8(6-4-7)13(15)16/h3-6,11H,1-2H3. The van der Waals surface area contributed by atoms with E-state index in [0.717, 1.165) is 4.31 Å². The predicted octanol–water partition coefficient (Wildman–Crippen LogP) is 0.888. The Kier molecular flexibility index (Phi) is 2.91. The maximum atomic E-state index is 12.0. The Morgan fingerprint density at radius 3 is 2.28 bits per heavy atom. The molecule has 7 nitrogen and oxygen atoms in total. The molecule has 2 rings (SSSR count). The second-order valence-electron chi connectivity index (χ2n) is 4.35. The fourth-order valence-electron chi connectivity index (χ4n) is 1.56. The molecule has 1 aromatic rings. The number of non-ortho nitro benzene ring substituents is 1. The number of benzene rings is 1. The number of rotatable bonds is 2. The molecular formula is C10H11N3O4S. The van der Waals surface area contributed by atoms with Crippen LogP contribution in [0.1, 0.15) is 13.8 Å². The summed E-state index contributed by atoms with van der Waals surface area (Å²) >= 11 is -1.66. The molecule has 0 spiro atoms. The molecule has 0 aromatic heterocycles. The van der Waals surface area contributed by atoms with Crippen LogP contribution in [0.3, 0.4) is 0 Å². The zero-order valence-electron chi connectivity index (χ0n) is 9.75. The van der Waals surface area contributed by atoms with Gasteiger partial charge in [0.05, 0.1) is 10.6 Å². The molecule has 1 N–H and O–H groups in total. The number of anilines is 1. The van der Waals surface area contributed by atoms with Gasteiger partial charge in [-0.2, -0.15) is 0 Å². The van der Waals surface area contributed by atoms with Crippen LogP contribution in [-0.4, -0.2) is 20.6 Å². The van der Waals surface area contributed by atoms with Gasteiger partial charge in [0, 0.05) is 12.1 Å². The monoisotopic (exact) mass is 269 g/mol. The quantitative estimate of drug-likeness (QED) is 0.637. The normalized spacial score (nSPS) is 22.2. The van der Waals surface area contributed by atoms with E-state index in [4.69, 9.17) is 0 Å². The number of carbonyl (C=O) groups excluding carboxylic acids is 1. The number of nitrogens with one attached hydrogen (secondary N) is 1. The Bertz CT molecular complexity index is 541. The zero-order valence-corrected chi connectivity index (χ0v) is 10.6. The maximum Gasteiger partial charge on any atom is 0.269 e. The summed E-state index contributed by atoms with van der Waals surface area (Å²) in [6.45, 7) is 3.25. The minimum Gasteiger partial charge on any atom is -0.271 e. The molecule has 0 bridgehead atoms. The Morgan fingerprint density at radius 2 is 1.89 bits per heavy atom. The van der Waals surface area contributed by atoms with Crippen molar-refractivity contribution >= 4 is 28.5 Å². The first-order valence-corrected chi connectivity index (χ1v) is 6.22. The summed E-state index contributed by atoms with van der Waals surface area (Å²) in [5.41, 5.74) is -0.627. The number of nitrogens with zero attached hydrogens (tertiary/aromatic N) is 2. The van der Waals surface area contributed by atoms with E-state index in [2.05, 4.69) is 4.72 Å². The van der Waals surface area contributed by atoms with Crippen molar-refractivity contribution in [2.24, 2.45) is 0 Å². The van der Waals surface area contributed by atoms with E-state index >= 15 is 0 Å². The van der Waals surface area contributed by atoms with Crippen LogP contribution in [-0.2, 0) is 16.0 Å². The summed E-state index contributed by atoms with van der Waals surface area (Å²) in [7, 11) is 0. The lowest BCUT2D eigenvalue weighted by Crippen LogP contribution is -2.40. The SMILES string of the molecule is CC1(C)NS(=O)N(c2ccc([N+](=O)[O-])cc2)C1=O. The first-order chi connectivity index (χ1) is 8.33. The number of nitro groups is 1. The Morgan fingerprint density at radius 1 is 1.33 bits per heavy atom. The van der Waals surface area contributed by atoms with Crippen LogP contribution in [0.15, 0.2) is 24.3 Å². The van der Waals surface area contributed by atoms with E-state index in [1.165, 1.54) is 24.3 Å². The van der Waals surface area contributed by atoms with E-state index in [0.29, 0.717) is 5.69 Å². The highest BCUT2D eigenvalue weighted by atomic mass is 32.2. The van der Waals surface area contributed by atoms with Crippen molar-refractivity contribution in [3.63, 3.8) is 0 Å². The van der Waals surface area contributed by atoms with Gasteiger partial charge in [-0.1, -0.05) is 0 Å². The number of nitro benzene ring substituents is 1. The topological polar surface area (TPSA) is 92.6 Å². The predicted molar refractivity (Wildman–Crippen MR) is 65.9 cm³/mol. The van der Waals surface area contributed by atoms with Crippen molar-refractivity contribution in [2.45, 2.75) is 19.4 Å². The third-order valence-corrected chi connectivity index (χ3v) is 3.92. The van der Waals surface area contributed by atoms with Gasteiger partial charge < -0.3 is 0 Å². The fourth-order valence-corrected chi connectivity index (χ4v) is 2.87. The first-order valence-electron chi connectivity index (χ1n) is 5.11. The van der Waals surface area contributed by atoms with Gasteiger partial charge in [0.1, 0.15) is 5.54 Å². The molecule has 0 aliphatic carbocycles. The summed E-state index contributed by atoms with van der Waals surface area (Å²) in [4.78, 5) is 22.0. The van der Waals surface area contributed by atoms with E-state index in [-0.39, 0.29) is 11.6 Å². The second kappa shape index (κ2) is 4.14. The van der Waals surface area contributed by atoms with Gasteiger partial charge in [0.15, 0.2) is 0 Å². The van der Waals surface area contributed by atoms with Gasteiger partial charge in [-0.05, 0) is 26.0 Å². The average Bonchev–Trinajstić information content (AvgIpc) is 2.48. The van der Waals surface area contributed by atoms with Crippen LogP contribution >= 0.6 is 0 Å². The Balaban J connectivity index is 2.35. The summed E-state index contributed by atoms with van der Waals surface area (Å²) < 4.78 is 15.5. The van der Waals surface area contributed by atoms with E-state index < -0.39 is 21.6 Å². The van der Waals surface area contributed by atoms with E-state index in [1.807, 2.05) is 0 Å². The van der Waals surface area contributed by atoms with Crippen LogP contribution in [0.4, 0.5) is 11.4 Å². The van der Waals surface area contributed by atoms with Crippen molar-refractivity contribution in [3.8, 4) is 0 Å². The number of hydrogen-bond donors (Lipinski definition) is 1. The lowest BCUT2D eigenvalue weighted by atomic mass is 10.1. The highest BCUT2D eigenvalue weighted by Gasteiger charge is 2.44. The van der Waals surface area contributed by atoms with Crippen LogP contribution < -0.4 is 9.03 Å². The molecule has 1 amide bonds.